The molecule has 30 heavy (non-hydrogen) atoms. The van der Waals surface area contributed by atoms with Crippen molar-refractivity contribution in [1.82, 2.24) is 5.32 Å². The van der Waals surface area contributed by atoms with Crippen LogP contribution in [0.25, 0.3) is 0 Å². The Kier molecular flexibility index (Phi) is 13.6. The summed E-state index contributed by atoms with van der Waals surface area (Å²) in [5.41, 5.74) is 1.57. The minimum Gasteiger partial charge on any atom is -0.445 e. The van der Waals surface area contributed by atoms with Crippen LogP contribution in [0.15, 0.2) is 24.3 Å². The van der Waals surface area contributed by atoms with Gasteiger partial charge >= 0.3 is 6.09 Å². The van der Waals surface area contributed by atoms with E-state index in [9.17, 15) is 14.5 Å². The molecule has 0 aromatic heterocycles. The summed E-state index contributed by atoms with van der Waals surface area (Å²) in [6.45, 7) is 2.49. The zero-order chi connectivity index (χ0) is 22.2. The van der Waals surface area contributed by atoms with E-state index in [-0.39, 0.29) is 12.5 Å². The highest BCUT2D eigenvalue weighted by Gasteiger charge is 2.12. The molecule has 0 heterocycles. The van der Waals surface area contributed by atoms with Gasteiger partial charge in [0.25, 0.3) is 0 Å². The molecular formula is C21H35N2O5PS. The van der Waals surface area contributed by atoms with Gasteiger partial charge in [0.2, 0.25) is 5.91 Å². The van der Waals surface area contributed by atoms with Crippen LogP contribution >= 0.6 is 6.49 Å². The second-order valence-corrected chi connectivity index (χ2v) is 10.8. The largest absolute Gasteiger partial charge is 0.445 e. The van der Waals surface area contributed by atoms with Crippen LogP contribution in [0.4, 0.5) is 10.5 Å². The summed E-state index contributed by atoms with van der Waals surface area (Å²) in [6, 6.07) is 7.20. The third-order valence-electron chi connectivity index (χ3n) is 4.36. The first kappa shape index (κ1) is 26.6. The van der Waals surface area contributed by atoms with Crippen LogP contribution in [0.5, 0.6) is 0 Å². The first-order valence-corrected chi connectivity index (χ1v) is 13.5. The number of anilines is 1. The van der Waals surface area contributed by atoms with Gasteiger partial charge < -0.3 is 24.8 Å². The molecule has 1 aromatic carbocycles. The van der Waals surface area contributed by atoms with Crippen LogP contribution < -0.4 is 10.6 Å². The third-order valence-corrected chi connectivity index (χ3v) is 6.69. The van der Waals surface area contributed by atoms with Gasteiger partial charge in [0.15, 0.2) is 6.49 Å². The maximum Gasteiger partial charge on any atom is 0.407 e. The molecule has 0 saturated carbocycles. The van der Waals surface area contributed by atoms with Gasteiger partial charge in [0.05, 0.1) is 6.61 Å². The van der Waals surface area contributed by atoms with E-state index in [4.69, 9.17) is 21.1 Å². The van der Waals surface area contributed by atoms with Crippen LogP contribution in [0, 0.1) is 0 Å². The molecule has 1 rings (SSSR count). The quantitative estimate of drug-likeness (QED) is 0.254. The van der Waals surface area contributed by atoms with Crippen molar-refractivity contribution in [3.8, 4) is 0 Å². The smallest absolute Gasteiger partial charge is 0.407 e. The molecule has 0 saturated heterocycles. The van der Waals surface area contributed by atoms with Crippen molar-refractivity contribution in [3.63, 3.8) is 0 Å². The predicted molar refractivity (Wildman–Crippen MR) is 124 cm³/mol. The highest BCUT2D eigenvalue weighted by atomic mass is 32.5. The lowest BCUT2D eigenvalue weighted by Gasteiger charge is -2.15. The second-order valence-electron chi connectivity index (χ2n) is 7.06. The first-order valence-electron chi connectivity index (χ1n) is 10.6. The summed E-state index contributed by atoms with van der Waals surface area (Å²) in [5.74, 6) is -0.0405. The normalized spacial score (nSPS) is 12.8. The molecule has 3 N–H and O–H groups in total. The van der Waals surface area contributed by atoms with Crippen molar-refractivity contribution in [1.29, 1.82) is 0 Å². The zero-order valence-electron chi connectivity index (χ0n) is 18.0. The van der Waals surface area contributed by atoms with E-state index in [2.05, 4.69) is 17.6 Å². The summed E-state index contributed by atoms with van der Waals surface area (Å²) in [4.78, 5) is 33.1. The molecule has 0 aliphatic heterocycles. The molecule has 0 bridgehead atoms. The van der Waals surface area contributed by atoms with E-state index in [1.807, 2.05) is 12.1 Å². The van der Waals surface area contributed by atoms with Crippen LogP contribution in [-0.4, -0.2) is 36.2 Å². The molecule has 1 aromatic rings. The van der Waals surface area contributed by atoms with Crippen molar-refractivity contribution in [2.24, 2.45) is 0 Å². The Labute approximate surface area is 185 Å². The lowest BCUT2D eigenvalue weighted by Crippen LogP contribution is -2.25. The number of hydrogen-bond donors (Lipinski definition) is 3. The molecule has 7 nitrogen and oxygen atoms in total. The standard InChI is InChI=1S/C21H35N2O5PS/c1-3-5-16-29(26,30)28-15-9-7-6-8-14-22-21(25)27-17-18-10-12-19(13-11-18)23-20(24)4-2/h10-13H,3-9,14-17H2,1-2H3,(H,22,25)(H,23,24)(H,26,30). The predicted octanol–water partition coefficient (Wildman–Crippen LogP) is 4.94. The lowest BCUT2D eigenvalue weighted by molar-refractivity contribution is -0.115. The number of unbranched alkanes of at least 4 members (excludes halogenated alkanes) is 4. The number of carbonyl (C=O) groups excluding carboxylic acids is 2. The van der Waals surface area contributed by atoms with Gasteiger partial charge in [0, 0.05) is 24.8 Å². The highest BCUT2D eigenvalue weighted by molar-refractivity contribution is 8.09. The minimum atomic E-state index is -2.59. The number of rotatable bonds is 15. The fourth-order valence-electron chi connectivity index (χ4n) is 2.53. The molecule has 0 aliphatic carbocycles. The number of nitrogens with one attached hydrogen (secondary N) is 2. The van der Waals surface area contributed by atoms with Gasteiger partial charge in [0.1, 0.15) is 6.61 Å². The number of benzene rings is 1. The Morgan fingerprint density at radius 1 is 1.07 bits per heavy atom. The average Bonchev–Trinajstić information content (AvgIpc) is 2.73. The fourth-order valence-corrected chi connectivity index (χ4v) is 4.40. The zero-order valence-corrected chi connectivity index (χ0v) is 19.7. The van der Waals surface area contributed by atoms with Gasteiger partial charge in [-0.05, 0) is 48.8 Å². The molecule has 0 radical (unpaired) electrons. The Hall–Kier alpha value is -1.47. The van der Waals surface area contributed by atoms with Crippen LogP contribution in [-0.2, 0) is 32.5 Å². The van der Waals surface area contributed by atoms with E-state index in [0.29, 0.717) is 25.7 Å². The SMILES string of the molecule is CCCCP(O)(=S)OCCCCCCNC(=O)OCc1ccc(NC(=O)CC)cc1. The van der Waals surface area contributed by atoms with Gasteiger partial charge in [-0.2, -0.15) is 0 Å². The maximum absolute atomic E-state index is 11.8. The number of amides is 2. The summed E-state index contributed by atoms with van der Waals surface area (Å²) in [7, 11) is 0. The van der Waals surface area contributed by atoms with Gasteiger partial charge in [-0.25, -0.2) is 4.79 Å². The Morgan fingerprint density at radius 3 is 2.43 bits per heavy atom. The monoisotopic (exact) mass is 458 g/mol. The van der Waals surface area contributed by atoms with Crippen molar-refractivity contribution in [2.45, 2.75) is 65.4 Å². The van der Waals surface area contributed by atoms with Gasteiger partial charge in [-0.15, -0.1) is 0 Å². The Morgan fingerprint density at radius 2 is 1.77 bits per heavy atom. The van der Waals surface area contributed by atoms with Crippen LogP contribution in [0.2, 0.25) is 0 Å². The van der Waals surface area contributed by atoms with E-state index < -0.39 is 12.6 Å². The summed E-state index contributed by atoms with van der Waals surface area (Å²) in [5, 5.41) is 5.50. The molecule has 0 spiro atoms. The molecule has 170 valence electrons. The van der Waals surface area contributed by atoms with E-state index in [1.54, 1.807) is 19.1 Å². The Balaban J connectivity index is 2.06. The fraction of sp³-hybridized carbons (Fsp3) is 0.619. The van der Waals surface area contributed by atoms with Crippen molar-refractivity contribution < 1.29 is 23.7 Å². The number of carbonyl (C=O) groups is 2. The summed E-state index contributed by atoms with van der Waals surface area (Å²) < 4.78 is 10.6. The average molecular weight is 459 g/mol. The molecule has 2 amide bonds. The number of hydrogen-bond acceptors (Lipinski definition) is 5. The van der Waals surface area contributed by atoms with Crippen LogP contribution in [0.1, 0.15) is 64.4 Å². The number of ether oxygens (including phenoxy) is 1. The first-order chi connectivity index (χ1) is 14.4. The van der Waals surface area contributed by atoms with E-state index in [0.717, 1.165) is 49.8 Å². The van der Waals surface area contributed by atoms with Gasteiger partial charge in [-0.3, -0.25) is 4.79 Å². The van der Waals surface area contributed by atoms with Crippen molar-refractivity contribution in [2.75, 3.05) is 24.6 Å². The summed E-state index contributed by atoms with van der Waals surface area (Å²) >= 11 is 5.11. The van der Waals surface area contributed by atoms with Crippen LogP contribution in [0.3, 0.4) is 0 Å². The lowest BCUT2D eigenvalue weighted by atomic mass is 10.2. The number of alkyl carbamates (subject to hydrolysis) is 1. The van der Waals surface area contributed by atoms with Crippen molar-refractivity contribution in [3.05, 3.63) is 29.8 Å². The molecular weight excluding hydrogens is 423 g/mol. The molecule has 1 atom stereocenters. The summed E-state index contributed by atoms with van der Waals surface area (Å²) in [6.07, 6.45) is 6.09. The minimum absolute atomic E-state index is 0.0405. The molecule has 0 fully saturated rings. The second kappa shape index (κ2) is 15.3. The highest BCUT2D eigenvalue weighted by Crippen LogP contribution is 2.43. The topological polar surface area (TPSA) is 96.9 Å². The molecule has 0 aliphatic rings. The van der Waals surface area contributed by atoms with E-state index in [1.165, 1.54) is 0 Å². The van der Waals surface area contributed by atoms with E-state index >= 15 is 0 Å². The third kappa shape index (κ3) is 13.0. The van der Waals surface area contributed by atoms with Crippen molar-refractivity contribution >= 4 is 36.0 Å². The Bertz CT molecular complexity index is 684. The molecule has 9 heteroatoms. The molecule has 1 unspecified atom stereocenters. The van der Waals surface area contributed by atoms with Gasteiger partial charge in [-0.1, -0.05) is 45.2 Å². The maximum atomic E-state index is 11.8.